The van der Waals surface area contributed by atoms with E-state index in [1.807, 2.05) is 24.3 Å². The molecule has 2 heterocycles. The van der Waals surface area contributed by atoms with E-state index in [1.165, 1.54) is 5.56 Å². The minimum Gasteiger partial charge on any atom is -0.508 e. The minimum atomic E-state index is -0.901. The van der Waals surface area contributed by atoms with Crippen LogP contribution in [0.1, 0.15) is 48.9 Å². The van der Waals surface area contributed by atoms with Crippen LogP contribution in [0, 0.1) is 0 Å². The predicted octanol–water partition coefficient (Wildman–Crippen LogP) is 5.14. The van der Waals surface area contributed by atoms with Gasteiger partial charge in [0.25, 0.3) is 0 Å². The van der Waals surface area contributed by atoms with Gasteiger partial charge in [0.15, 0.2) is 0 Å². The molecule has 2 N–H and O–H groups in total. The van der Waals surface area contributed by atoms with E-state index in [-0.39, 0.29) is 30.7 Å². The summed E-state index contributed by atoms with van der Waals surface area (Å²) in [5.41, 5.74) is 4.26. The number of nitrogens with zero attached hydrogens (tertiary/aromatic N) is 4. The summed E-state index contributed by atoms with van der Waals surface area (Å²) >= 11 is 0. The van der Waals surface area contributed by atoms with E-state index in [9.17, 15) is 9.90 Å². The van der Waals surface area contributed by atoms with Crippen LogP contribution in [0.4, 0.5) is 0 Å². The van der Waals surface area contributed by atoms with Gasteiger partial charge >= 0.3 is 5.97 Å². The van der Waals surface area contributed by atoms with Gasteiger partial charge in [-0.3, -0.25) is 14.6 Å². The Morgan fingerprint density at radius 1 is 0.974 bits per heavy atom. The van der Waals surface area contributed by atoms with E-state index >= 15 is 0 Å². The van der Waals surface area contributed by atoms with Crippen molar-refractivity contribution >= 4 is 5.97 Å². The van der Waals surface area contributed by atoms with Crippen molar-refractivity contribution in [3.8, 4) is 17.1 Å². The Balaban J connectivity index is 1.39. The van der Waals surface area contributed by atoms with Crippen molar-refractivity contribution in [2.75, 3.05) is 13.1 Å². The zero-order valence-corrected chi connectivity index (χ0v) is 22.3. The third-order valence-electron chi connectivity index (χ3n) is 7.41. The number of aromatic hydroxyl groups is 1. The molecule has 3 atom stereocenters. The molecule has 0 aliphatic carbocycles. The normalized spacial score (nSPS) is 19.1. The average molecular weight is 527 g/mol. The van der Waals surface area contributed by atoms with Gasteiger partial charge in [0.2, 0.25) is 11.7 Å². The summed E-state index contributed by atoms with van der Waals surface area (Å²) in [4.78, 5) is 20.3. The third kappa shape index (κ3) is 6.35. The van der Waals surface area contributed by atoms with Crippen LogP contribution < -0.4 is 0 Å². The molecule has 39 heavy (non-hydrogen) atoms. The first kappa shape index (κ1) is 26.6. The van der Waals surface area contributed by atoms with Crippen molar-refractivity contribution in [3.05, 3.63) is 101 Å². The third-order valence-corrected chi connectivity index (χ3v) is 7.41. The minimum absolute atomic E-state index is 0.0427. The summed E-state index contributed by atoms with van der Waals surface area (Å²) in [5, 5.41) is 23.3. The Labute approximate surface area is 228 Å². The van der Waals surface area contributed by atoms with Gasteiger partial charge in [0.1, 0.15) is 5.75 Å². The molecule has 0 amide bonds. The van der Waals surface area contributed by atoms with Gasteiger partial charge in [-0.25, -0.2) is 0 Å². The zero-order chi connectivity index (χ0) is 27.4. The molecule has 8 heteroatoms. The van der Waals surface area contributed by atoms with Crippen molar-refractivity contribution in [1.82, 2.24) is 19.9 Å². The molecule has 0 spiro atoms. The Kier molecular flexibility index (Phi) is 8.05. The number of rotatable bonds is 9. The van der Waals surface area contributed by atoms with E-state index in [2.05, 4.69) is 82.3 Å². The standard InChI is InChI=1S/C31H34N4O4/c1-21-19-35(22(2)18-34(21)20-23-7-4-3-5-8-23)30(26-9-6-10-27(36)17-26)24-11-13-25(14-12-24)31-32-28(39-33-31)15-16-29(37)38/h3-14,17,21-22,30,36H,15-16,18-20H2,1-2H3,(H,37,38)/t21-,22+,30-/m1/s1. The van der Waals surface area contributed by atoms with Crippen molar-refractivity contribution in [3.63, 3.8) is 0 Å². The van der Waals surface area contributed by atoms with E-state index in [0.717, 1.165) is 36.3 Å². The second kappa shape index (κ2) is 11.8. The molecule has 0 radical (unpaired) electrons. The summed E-state index contributed by atoms with van der Waals surface area (Å²) in [6.07, 6.45) is 0.147. The van der Waals surface area contributed by atoms with Gasteiger partial charge in [-0.2, -0.15) is 4.98 Å². The van der Waals surface area contributed by atoms with Crippen molar-refractivity contribution in [2.45, 2.75) is 51.4 Å². The summed E-state index contributed by atoms with van der Waals surface area (Å²) in [5.74, 6) is 0.0948. The summed E-state index contributed by atoms with van der Waals surface area (Å²) in [6, 6.07) is 26.8. The number of hydrogen-bond donors (Lipinski definition) is 2. The molecule has 1 saturated heterocycles. The highest BCUT2D eigenvalue weighted by molar-refractivity contribution is 5.66. The number of carboxylic acid groups (broad SMARTS) is 1. The highest BCUT2D eigenvalue weighted by Crippen LogP contribution is 2.35. The molecule has 8 nitrogen and oxygen atoms in total. The smallest absolute Gasteiger partial charge is 0.303 e. The molecule has 1 aliphatic rings. The topological polar surface area (TPSA) is 103 Å². The molecule has 0 unspecified atom stereocenters. The van der Waals surface area contributed by atoms with Gasteiger partial charge < -0.3 is 14.7 Å². The van der Waals surface area contributed by atoms with Crippen LogP contribution in [0.3, 0.4) is 0 Å². The SMILES string of the molecule is C[C@@H]1CN([C@H](c2ccc(-c3noc(CCC(=O)O)n3)cc2)c2cccc(O)c2)[C@@H](C)CN1Cc1ccccc1. The van der Waals surface area contributed by atoms with Crippen LogP contribution in [0.25, 0.3) is 11.4 Å². The largest absolute Gasteiger partial charge is 0.508 e. The maximum atomic E-state index is 10.9. The molecule has 0 saturated carbocycles. The zero-order valence-electron chi connectivity index (χ0n) is 22.3. The van der Waals surface area contributed by atoms with Crippen molar-refractivity contribution in [1.29, 1.82) is 0 Å². The fourth-order valence-electron chi connectivity index (χ4n) is 5.40. The van der Waals surface area contributed by atoms with E-state index < -0.39 is 5.97 Å². The quantitative estimate of drug-likeness (QED) is 0.309. The lowest BCUT2D eigenvalue weighted by Crippen LogP contribution is -2.56. The van der Waals surface area contributed by atoms with Crippen LogP contribution in [0.5, 0.6) is 5.75 Å². The van der Waals surface area contributed by atoms with Crippen LogP contribution in [0.2, 0.25) is 0 Å². The Morgan fingerprint density at radius 3 is 2.46 bits per heavy atom. The summed E-state index contributed by atoms with van der Waals surface area (Å²) in [6.45, 7) is 7.29. The highest BCUT2D eigenvalue weighted by Gasteiger charge is 2.35. The number of aryl methyl sites for hydroxylation is 1. The predicted molar refractivity (Wildman–Crippen MR) is 148 cm³/mol. The number of phenols is 1. The fraction of sp³-hybridized carbons (Fsp3) is 0.323. The van der Waals surface area contributed by atoms with Crippen LogP contribution in [-0.4, -0.2) is 61.3 Å². The maximum Gasteiger partial charge on any atom is 0.303 e. The van der Waals surface area contributed by atoms with Gasteiger partial charge in [-0.15, -0.1) is 0 Å². The van der Waals surface area contributed by atoms with Crippen molar-refractivity contribution < 1.29 is 19.5 Å². The van der Waals surface area contributed by atoms with Gasteiger partial charge in [-0.1, -0.05) is 71.9 Å². The first-order valence-electron chi connectivity index (χ1n) is 13.3. The first-order valence-corrected chi connectivity index (χ1v) is 13.3. The van der Waals surface area contributed by atoms with Crippen LogP contribution in [0.15, 0.2) is 83.4 Å². The summed E-state index contributed by atoms with van der Waals surface area (Å²) < 4.78 is 5.24. The average Bonchev–Trinajstić information content (AvgIpc) is 3.41. The molecular formula is C31H34N4O4. The number of aromatic nitrogens is 2. The van der Waals surface area contributed by atoms with E-state index in [0.29, 0.717) is 17.8 Å². The molecule has 3 aromatic carbocycles. The number of hydrogen-bond acceptors (Lipinski definition) is 7. The number of carbonyl (C=O) groups is 1. The first-order chi connectivity index (χ1) is 18.9. The molecule has 4 aromatic rings. The number of piperazine rings is 1. The number of benzene rings is 3. The molecular weight excluding hydrogens is 492 g/mol. The Morgan fingerprint density at radius 2 is 1.74 bits per heavy atom. The fourth-order valence-corrected chi connectivity index (χ4v) is 5.40. The monoisotopic (exact) mass is 526 g/mol. The van der Waals surface area contributed by atoms with Crippen molar-refractivity contribution in [2.24, 2.45) is 0 Å². The Bertz CT molecular complexity index is 1390. The van der Waals surface area contributed by atoms with Gasteiger partial charge in [0, 0.05) is 43.7 Å². The number of carboxylic acids is 1. The van der Waals surface area contributed by atoms with E-state index in [4.69, 9.17) is 9.63 Å². The second-order valence-corrected chi connectivity index (χ2v) is 10.3. The molecule has 202 valence electrons. The van der Waals surface area contributed by atoms with Crippen LogP contribution >= 0.6 is 0 Å². The molecule has 1 aromatic heterocycles. The Hall–Kier alpha value is -4.01. The molecule has 1 aliphatic heterocycles. The van der Waals surface area contributed by atoms with Gasteiger partial charge in [-0.05, 0) is 42.7 Å². The lowest BCUT2D eigenvalue weighted by molar-refractivity contribution is -0.137. The van der Waals surface area contributed by atoms with E-state index in [1.54, 1.807) is 6.07 Å². The summed E-state index contributed by atoms with van der Waals surface area (Å²) in [7, 11) is 0. The maximum absolute atomic E-state index is 10.9. The number of phenolic OH excluding ortho intramolecular Hbond substituents is 1. The molecule has 1 fully saturated rings. The highest BCUT2D eigenvalue weighted by atomic mass is 16.5. The second-order valence-electron chi connectivity index (χ2n) is 10.3. The van der Waals surface area contributed by atoms with Gasteiger partial charge in [0.05, 0.1) is 12.5 Å². The van der Waals surface area contributed by atoms with Crippen LogP contribution in [-0.2, 0) is 17.8 Å². The number of aliphatic carboxylic acids is 1. The molecule has 5 rings (SSSR count). The lowest BCUT2D eigenvalue weighted by Gasteiger charge is -2.47. The molecule has 0 bridgehead atoms. The lowest BCUT2D eigenvalue weighted by atomic mass is 9.92.